The van der Waals surface area contributed by atoms with E-state index < -0.39 is 5.97 Å². The summed E-state index contributed by atoms with van der Waals surface area (Å²) in [6, 6.07) is 15.7. The van der Waals surface area contributed by atoms with Crippen LogP contribution in [-0.4, -0.2) is 35.1 Å². The van der Waals surface area contributed by atoms with Gasteiger partial charge in [0.05, 0.1) is 11.1 Å². The summed E-state index contributed by atoms with van der Waals surface area (Å²) < 4.78 is 0. The highest BCUT2D eigenvalue weighted by molar-refractivity contribution is 6.08. The van der Waals surface area contributed by atoms with Crippen molar-refractivity contribution in [3.8, 4) is 0 Å². The van der Waals surface area contributed by atoms with Gasteiger partial charge in [0.15, 0.2) is 0 Å². The summed E-state index contributed by atoms with van der Waals surface area (Å²) in [7, 11) is 0. The minimum absolute atomic E-state index is 0.194. The SMILES string of the molecule is CC1CCCN(c2cc(C(=O)O)c3cc(NC(=O)c4ccccc4)ccc3n2)C1. The van der Waals surface area contributed by atoms with Crippen molar-refractivity contribution < 1.29 is 14.7 Å². The highest BCUT2D eigenvalue weighted by Gasteiger charge is 2.21. The van der Waals surface area contributed by atoms with Gasteiger partial charge in [0.25, 0.3) is 5.91 Å². The van der Waals surface area contributed by atoms with Gasteiger partial charge in [0, 0.05) is 29.7 Å². The van der Waals surface area contributed by atoms with Crippen LogP contribution < -0.4 is 10.2 Å². The highest BCUT2D eigenvalue weighted by atomic mass is 16.4. The number of carboxylic acids is 1. The van der Waals surface area contributed by atoms with Crippen LogP contribution in [0.5, 0.6) is 0 Å². The zero-order valence-electron chi connectivity index (χ0n) is 16.3. The lowest BCUT2D eigenvalue weighted by Crippen LogP contribution is -2.35. The molecule has 1 saturated heterocycles. The van der Waals surface area contributed by atoms with E-state index in [2.05, 4.69) is 17.1 Å². The molecule has 1 aliphatic rings. The lowest BCUT2D eigenvalue weighted by atomic mass is 10.00. The highest BCUT2D eigenvalue weighted by Crippen LogP contribution is 2.28. The van der Waals surface area contributed by atoms with Crippen LogP contribution in [0.25, 0.3) is 10.9 Å². The number of hydrogen-bond donors (Lipinski definition) is 2. The Bertz CT molecular complexity index is 1070. The van der Waals surface area contributed by atoms with Gasteiger partial charge in [0.1, 0.15) is 5.82 Å². The second-order valence-electron chi connectivity index (χ2n) is 7.58. The molecular weight excluding hydrogens is 366 g/mol. The number of benzene rings is 2. The van der Waals surface area contributed by atoms with Crippen LogP contribution in [-0.2, 0) is 0 Å². The molecule has 0 saturated carbocycles. The summed E-state index contributed by atoms with van der Waals surface area (Å²) in [5.41, 5.74) is 1.88. The van der Waals surface area contributed by atoms with E-state index in [-0.39, 0.29) is 11.5 Å². The van der Waals surface area contributed by atoms with Gasteiger partial charge in [-0.3, -0.25) is 4.79 Å². The number of nitrogens with zero attached hydrogens (tertiary/aromatic N) is 2. The molecule has 0 aliphatic carbocycles. The standard InChI is InChI=1S/C23H23N3O3/c1-15-6-5-11-26(14-15)21-13-19(23(28)29)18-12-17(9-10-20(18)25-21)24-22(27)16-7-3-2-4-8-16/h2-4,7-10,12-13,15H,5-6,11,14H2,1H3,(H,24,27)(H,28,29). The van der Waals surface area contributed by atoms with Crippen molar-refractivity contribution in [2.24, 2.45) is 5.92 Å². The van der Waals surface area contributed by atoms with Gasteiger partial charge in [-0.15, -0.1) is 0 Å². The third kappa shape index (κ3) is 4.06. The van der Waals surface area contributed by atoms with E-state index in [0.29, 0.717) is 33.9 Å². The monoisotopic (exact) mass is 389 g/mol. The van der Waals surface area contributed by atoms with Crippen LogP contribution in [0.15, 0.2) is 54.6 Å². The number of fused-ring (bicyclic) bond motifs is 1. The minimum Gasteiger partial charge on any atom is -0.478 e. The van der Waals surface area contributed by atoms with E-state index >= 15 is 0 Å². The molecule has 6 nitrogen and oxygen atoms in total. The van der Waals surface area contributed by atoms with Crippen molar-refractivity contribution in [3.63, 3.8) is 0 Å². The van der Waals surface area contributed by atoms with E-state index in [1.165, 1.54) is 6.42 Å². The number of amides is 1. The molecule has 2 heterocycles. The average molecular weight is 389 g/mol. The molecule has 1 aliphatic heterocycles. The first-order chi connectivity index (χ1) is 14.0. The fourth-order valence-corrected chi connectivity index (χ4v) is 3.82. The predicted molar refractivity (Wildman–Crippen MR) is 114 cm³/mol. The quantitative estimate of drug-likeness (QED) is 0.690. The van der Waals surface area contributed by atoms with Crippen LogP contribution in [0.1, 0.15) is 40.5 Å². The van der Waals surface area contributed by atoms with Gasteiger partial charge in [-0.1, -0.05) is 25.1 Å². The number of nitrogens with one attached hydrogen (secondary N) is 1. The van der Waals surface area contributed by atoms with Gasteiger partial charge in [-0.25, -0.2) is 9.78 Å². The Hall–Kier alpha value is -3.41. The smallest absolute Gasteiger partial charge is 0.336 e. The molecule has 2 N–H and O–H groups in total. The number of anilines is 2. The summed E-state index contributed by atoms with van der Waals surface area (Å²) in [6.45, 7) is 3.96. The molecule has 0 bridgehead atoms. The minimum atomic E-state index is -1.00. The van der Waals surface area contributed by atoms with Crippen molar-refractivity contribution in [2.45, 2.75) is 19.8 Å². The first kappa shape index (κ1) is 18.9. The maximum Gasteiger partial charge on any atom is 0.336 e. The number of aromatic nitrogens is 1. The van der Waals surface area contributed by atoms with Crippen LogP contribution in [0.3, 0.4) is 0 Å². The van der Waals surface area contributed by atoms with Crippen molar-refractivity contribution in [2.75, 3.05) is 23.3 Å². The molecule has 4 rings (SSSR count). The van der Waals surface area contributed by atoms with Crippen molar-refractivity contribution in [1.29, 1.82) is 0 Å². The van der Waals surface area contributed by atoms with E-state index in [9.17, 15) is 14.7 Å². The van der Waals surface area contributed by atoms with Crippen molar-refractivity contribution in [1.82, 2.24) is 4.98 Å². The molecule has 1 unspecified atom stereocenters. The molecule has 0 radical (unpaired) electrons. The number of carboxylic acid groups (broad SMARTS) is 1. The number of aromatic carboxylic acids is 1. The first-order valence-electron chi connectivity index (χ1n) is 9.81. The zero-order valence-corrected chi connectivity index (χ0v) is 16.3. The molecule has 1 fully saturated rings. The van der Waals surface area contributed by atoms with Gasteiger partial charge >= 0.3 is 5.97 Å². The van der Waals surface area contributed by atoms with Crippen molar-refractivity contribution in [3.05, 3.63) is 65.7 Å². The Balaban J connectivity index is 1.69. The topological polar surface area (TPSA) is 82.5 Å². The molecule has 0 spiro atoms. The summed E-state index contributed by atoms with van der Waals surface area (Å²) in [5.74, 6) is 0.0107. The third-order valence-electron chi connectivity index (χ3n) is 5.30. The molecule has 6 heteroatoms. The zero-order chi connectivity index (χ0) is 20.4. The summed E-state index contributed by atoms with van der Waals surface area (Å²) in [5, 5.41) is 13.1. The Kier molecular flexibility index (Phi) is 5.16. The molecule has 3 aromatic rings. The Morgan fingerprint density at radius 1 is 1.14 bits per heavy atom. The van der Waals surface area contributed by atoms with Crippen molar-refractivity contribution >= 4 is 34.3 Å². The van der Waals surface area contributed by atoms with E-state index in [1.54, 1.807) is 48.5 Å². The van der Waals surface area contributed by atoms with Crippen LogP contribution in [0.2, 0.25) is 0 Å². The lowest BCUT2D eigenvalue weighted by Gasteiger charge is -2.32. The Labute approximate surface area is 169 Å². The normalized spacial score (nSPS) is 16.6. The molecular formula is C23H23N3O3. The average Bonchev–Trinajstić information content (AvgIpc) is 2.73. The van der Waals surface area contributed by atoms with E-state index in [1.807, 2.05) is 6.07 Å². The van der Waals surface area contributed by atoms with Crippen LogP contribution in [0.4, 0.5) is 11.5 Å². The fourth-order valence-electron chi connectivity index (χ4n) is 3.82. The molecule has 1 amide bonds. The maximum atomic E-state index is 12.4. The van der Waals surface area contributed by atoms with E-state index in [0.717, 1.165) is 19.5 Å². The number of carbonyl (C=O) groups is 2. The first-order valence-corrected chi connectivity index (χ1v) is 9.81. The summed E-state index contributed by atoms with van der Waals surface area (Å²) in [4.78, 5) is 31.2. The van der Waals surface area contributed by atoms with Gasteiger partial charge in [0.2, 0.25) is 0 Å². The molecule has 1 aromatic heterocycles. The van der Waals surface area contributed by atoms with Crippen LogP contribution in [0, 0.1) is 5.92 Å². The van der Waals surface area contributed by atoms with Gasteiger partial charge in [-0.05, 0) is 55.2 Å². The van der Waals surface area contributed by atoms with Gasteiger partial charge in [-0.2, -0.15) is 0 Å². The molecule has 148 valence electrons. The molecule has 2 aromatic carbocycles. The number of pyridine rings is 1. The predicted octanol–water partition coefficient (Wildman–Crippen LogP) is 4.42. The molecule has 1 atom stereocenters. The summed E-state index contributed by atoms with van der Waals surface area (Å²) >= 11 is 0. The second kappa shape index (κ2) is 7.91. The lowest BCUT2D eigenvalue weighted by molar-refractivity contribution is 0.0698. The number of hydrogen-bond acceptors (Lipinski definition) is 4. The molecule has 29 heavy (non-hydrogen) atoms. The third-order valence-corrected chi connectivity index (χ3v) is 5.30. The largest absolute Gasteiger partial charge is 0.478 e. The Morgan fingerprint density at radius 2 is 1.93 bits per heavy atom. The summed E-state index contributed by atoms with van der Waals surface area (Å²) in [6.07, 6.45) is 2.26. The van der Waals surface area contributed by atoms with Crippen LogP contribution >= 0.6 is 0 Å². The maximum absolute atomic E-state index is 12.4. The van der Waals surface area contributed by atoms with E-state index in [4.69, 9.17) is 4.98 Å². The fraction of sp³-hybridized carbons (Fsp3) is 0.261. The number of piperidine rings is 1. The number of carbonyl (C=O) groups excluding carboxylic acids is 1. The second-order valence-corrected chi connectivity index (χ2v) is 7.58. The Morgan fingerprint density at radius 3 is 2.66 bits per heavy atom. The van der Waals surface area contributed by atoms with Gasteiger partial charge < -0.3 is 15.3 Å². The number of rotatable bonds is 4.